The highest BCUT2D eigenvalue weighted by molar-refractivity contribution is 9.10. The molecule has 6 nitrogen and oxygen atoms in total. The number of aromatic nitrogens is 1. The van der Waals surface area contributed by atoms with Gasteiger partial charge >= 0.3 is 0 Å². The fourth-order valence-electron chi connectivity index (χ4n) is 2.60. The molecule has 0 aliphatic heterocycles. The van der Waals surface area contributed by atoms with E-state index in [1.54, 1.807) is 7.11 Å². The highest BCUT2D eigenvalue weighted by Crippen LogP contribution is 2.32. The van der Waals surface area contributed by atoms with Gasteiger partial charge in [-0.05, 0) is 45.6 Å². The van der Waals surface area contributed by atoms with E-state index in [2.05, 4.69) is 31.5 Å². The van der Waals surface area contributed by atoms with Crippen molar-refractivity contribution in [3.63, 3.8) is 0 Å². The van der Waals surface area contributed by atoms with Crippen molar-refractivity contribution in [2.75, 3.05) is 12.4 Å². The van der Waals surface area contributed by atoms with Crippen molar-refractivity contribution in [2.24, 2.45) is 0 Å². The molecule has 3 rings (SSSR count). The number of ether oxygens (including phenoxy) is 1. The molecule has 2 N–H and O–H groups in total. The van der Waals surface area contributed by atoms with E-state index in [9.17, 15) is 9.59 Å². The number of carbonyl (C=O) groups is 2. The first-order chi connectivity index (χ1) is 13.5. The fourth-order valence-corrected chi connectivity index (χ4v) is 4.66. The molecular formula is C19H18BrN3O3S2. The number of anilines is 1. The smallest absolute Gasteiger partial charge is 0.228 e. The molecule has 9 heteroatoms. The summed E-state index contributed by atoms with van der Waals surface area (Å²) in [5.41, 5.74) is 1.68. The van der Waals surface area contributed by atoms with Gasteiger partial charge in [0.05, 0.1) is 29.7 Å². The first-order valence-corrected chi connectivity index (χ1v) is 10.9. The van der Waals surface area contributed by atoms with Crippen LogP contribution in [0.2, 0.25) is 0 Å². The number of benzene rings is 1. The number of thiazole rings is 1. The number of carbonyl (C=O) groups excluding carboxylic acids is 2. The van der Waals surface area contributed by atoms with Crippen LogP contribution in [0.5, 0.6) is 5.75 Å². The average molecular weight is 480 g/mol. The van der Waals surface area contributed by atoms with E-state index in [1.807, 2.05) is 41.1 Å². The molecule has 2 heterocycles. The lowest BCUT2D eigenvalue weighted by Crippen LogP contribution is -2.29. The van der Waals surface area contributed by atoms with E-state index < -0.39 is 0 Å². The van der Waals surface area contributed by atoms with Crippen molar-refractivity contribution >= 4 is 55.5 Å². The van der Waals surface area contributed by atoms with Crippen molar-refractivity contribution < 1.29 is 14.3 Å². The third-order valence-corrected chi connectivity index (χ3v) is 6.22. The van der Waals surface area contributed by atoms with Gasteiger partial charge in [-0.2, -0.15) is 0 Å². The summed E-state index contributed by atoms with van der Waals surface area (Å²) in [6.07, 6.45) is 0.142. The molecule has 0 aliphatic rings. The summed E-state index contributed by atoms with van der Waals surface area (Å²) in [4.78, 5) is 29.4. The molecule has 1 unspecified atom stereocenters. The molecule has 28 heavy (non-hydrogen) atoms. The van der Waals surface area contributed by atoms with Crippen LogP contribution in [0.4, 0.5) is 5.13 Å². The summed E-state index contributed by atoms with van der Waals surface area (Å²) < 4.78 is 6.07. The van der Waals surface area contributed by atoms with Crippen LogP contribution in [0.15, 0.2) is 45.6 Å². The minimum Gasteiger partial charge on any atom is -0.496 e. The Bertz CT molecular complexity index is 973. The number of methoxy groups -OCH3 is 1. The van der Waals surface area contributed by atoms with Crippen LogP contribution >= 0.6 is 38.6 Å². The van der Waals surface area contributed by atoms with Gasteiger partial charge in [-0.15, -0.1) is 22.7 Å². The molecule has 0 saturated heterocycles. The van der Waals surface area contributed by atoms with Crippen LogP contribution in [0.1, 0.15) is 24.3 Å². The minimum atomic E-state index is -0.352. The summed E-state index contributed by atoms with van der Waals surface area (Å²) in [6, 6.07) is 9.14. The Kier molecular flexibility index (Phi) is 6.82. The third kappa shape index (κ3) is 5.18. The lowest BCUT2D eigenvalue weighted by atomic mass is 10.1. The molecule has 0 bridgehead atoms. The molecule has 3 aromatic rings. The monoisotopic (exact) mass is 479 g/mol. The van der Waals surface area contributed by atoms with E-state index in [0.29, 0.717) is 5.13 Å². The zero-order valence-corrected chi connectivity index (χ0v) is 18.4. The zero-order chi connectivity index (χ0) is 20.1. The van der Waals surface area contributed by atoms with E-state index in [1.165, 1.54) is 29.6 Å². The van der Waals surface area contributed by atoms with Crippen molar-refractivity contribution in [1.82, 2.24) is 10.3 Å². The molecule has 0 radical (unpaired) electrons. The van der Waals surface area contributed by atoms with Gasteiger partial charge in [0.1, 0.15) is 5.75 Å². The Balaban J connectivity index is 1.68. The Morgan fingerprint density at radius 2 is 2.11 bits per heavy atom. The SMILES string of the molecule is COc1ccc(-c2csc(NC(=O)CC(NC(C)=O)c3cccs3)n2)cc1Br. The summed E-state index contributed by atoms with van der Waals surface area (Å²) in [5, 5.41) is 9.96. The maximum Gasteiger partial charge on any atom is 0.228 e. The third-order valence-electron chi connectivity index (χ3n) is 3.85. The molecule has 0 aliphatic carbocycles. The number of rotatable bonds is 7. The summed E-state index contributed by atoms with van der Waals surface area (Å²) in [6.45, 7) is 1.44. The van der Waals surface area contributed by atoms with Crippen molar-refractivity contribution in [3.05, 3.63) is 50.4 Å². The van der Waals surface area contributed by atoms with Crippen molar-refractivity contribution in [3.8, 4) is 17.0 Å². The van der Waals surface area contributed by atoms with Crippen LogP contribution < -0.4 is 15.4 Å². The lowest BCUT2D eigenvalue weighted by Gasteiger charge is -2.15. The van der Waals surface area contributed by atoms with E-state index in [4.69, 9.17) is 4.74 Å². The second kappa shape index (κ2) is 9.31. The number of hydrogen-bond acceptors (Lipinski definition) is 6. The van der Waals surface area contributed by atoms with E-state index >= 15 is 0 Å². The Hall–Kier alpha value is -2.23. The van der Waals surface area contributed by atoms with Gasteiger partial charge in [-0.1, -0.05) is 6.07 Å². The molecule has 1 atom stereocenters. The van der Waals surface area contributed by atoms with Gasteiger partial charge in [-0.3, -0.25) is 9.59 Å². The Labute approximate surface area is 179 Å². The zero-order valence-electron chi connectivity index (χ0n) is 15.2. The van der Waals surface area contributed by atoms with Gasteiger partial charge in [-0.25, -0.2) is 4.98 Å². The maximum absolute atomic E-state index is 12.5. The van der Waals surface area contributed by atoms with Crippen LogP contribution in [0.3, 0.4) is 0 Å². The second-order valence-electron chi connectivity index (χ2n) is 5.91. The number of halogens is 1. The first-order valence-electron chi connectivity index (χ1n) is 8.36. The lowest BCUT2D eigenvalue weighted by molar-refractivity contribution is -0.120. The first kappa shape index (κ1) is 20.5. The van der Waals surface area contributed by atoms with Crippen molar-refractivity contribution in [1.29, 1.82) is 0 Å². The Morgan fingerprint density at radius 1 is 1.29 bits per heavy atom. The van der Waals surface area contributed by atoms with Gasteiger partial charge in [0, 0.05) is 22.7 Å². The topological polar surface area (TPSA) is 80.3 Å². The summed E-state index contributed by atoms with van der Waals surface area (Å²) in [5.74, 6) is 0.363. The predicted molar refractivity (Wildman–Crippen MR) is 116 cm³/mol. The predicted octanol–water partition coefficient (Wildman–Crippen LogP) is 4.85. The van der Waals surface area contributed by atoms with E-state index in [0.717, 1.165) is 26.4 Å². The molecule has 2 aromatic heterocycles. The van der Waals surface area contributed by atoms with Gasteiger partial charge in [0.15, 0.2) is 5.13 Å². The minimum absolute atomic E-state index is 0.142. The number of thiophene rings is 1. The van der Waals surface area contributed by atoms with Crippen LogP contribution in [-0.2, 0) is 9.59 Å². The standard InChI is InChI=1S/C19H18BrN3O3S2/c1-11(24)21-14(17-4-3-7-27-17)9-18(25)23-19-22-15(10-28-19)12-5-6-16(26-2)13(20)8-12/h3-8,10,14H,9H2,1-2H3,(H,21,24)(H,22,23,25). The maximum atomic E-state index is 12.5. The van der Waals surface area contributed by atoms with Crippen LogP contribution in [-0.4, -0.2) is 23.9 Å². The van der Waals surface area contributed by atoms with Crippen LogP contribution in [0.25, 0.3) is 11.3 Å². The largest absolute Gasteiger partial charge is 0.496 e. The fraction of sp³-hybridized carbons (Fsp3) is 0.211. The highest BCUT2D eigenvalue weighted by atomic mass is 79.9. The van der Waals surface area contributed by atoms with Crippen molar-refractivity contribution in [2.45, 2.75) is 19.4 Å². The van der Waals surface area contributed by atoms with E-state index in [-0.39, 0.29) is 24.3 Å². The number of amides is 2. The second-order valence-corrected chi connectivity index (χ2v) is 8.60. The van der Waals surface area contributed by atoms with Crippen LogP contribution in [0, 0.1) is 0 Å². The number of hydrogen-bond donors (Lipinski definition) is 2. The molecule has 0 spiro atoms. The molecule has 0 fully saturated rings. The highest BCUT2D eigenvalue weighted by Gasteiger charge is 2.19. The summed E-state index contributed by atoms with van der Waals surface area (Å²) in [7, 11) is 1.61. The molecule has 146 valence electrons. The number of nitrogens with zero attached hydrogens (tertiary/aromatic N) is 1. The molecule has 2 amide bonds. The molecular weight excluding hydrogens is 462 g/mol. The quantitative estimate of drug-likeness (QED) is 0.507. The summed E-state index contributed by atoms with van der Waals surface area (Å²) >= 11 is 6.32. The molecule has 0 saturated carbocycles. The Morgan fingerprint density at radius 3 is 2.75 bits per heavy atom. The normalized spacial score (nSPS) is 11.7. The molecule has 1 aromatic carbocycles. The van der Waals surface area contributed by atoms with Gasteiger partial charge in [0.25, 0.3) is 0 Å². The number of nitrogens with one attached hydrogen (secondary N) is 2. The average Bonchev–Trinajstić information content (AvgIpc) is 3.32. The van der Waals surface area contributed by atoms with Gasteiger partial charge < -0.3 is 15.4 Å². The van der Waals surface area contributed by atoms with Gasteiger partial charge in [0.2, 0.25) is 11.8 Å².